The zero-order valence-electron chi connectivity index (χ0n) is 23.2. The van der Waals surface area contributed by atoms with Gasteiger partial charge in [0.25, 0.3) is 0 Å². The molecule has 214 valence electrons. The molecule has 4 fully saturated rings. The highest BCUT2D eigenvalue weighted by Crippen LogP contribution is 2.73. The number of hydrogen-bond donors (Lipinski definition) is 1. The fourth-order valence-corrected chi connectivity index (χ4v) is 7.73. The van der Waals surface area contributed by atoms with Gasteiger partial charge < -0.3 is 33.5 Å². The molecule has 10 unspecified atom stereocenters. The van der Waals surface area contributed by atoms with E-state index < -0.39 is 52.4 Å². The molecule has 2 aliphatic carbocycles. The molecule has 6 aliphatic rings. The Labute approximate surface area is 229 Å². The van der Waals surface area contributed by atoms with Gasteiger partial charge in [0.15, 0.2) is 6.10 Å². The molecule has 4 heterocycles. The summed E-state index contributed by atoms with van der Waals surface area (Å²) in [5, 5.41) is 10.1. The van der Waals surface area contributed by atoms with Crippen LogP contribution in [0.1, 0.15) is 59.8 Å². The van der Waals surface area contributed by atoms with E-state index in [-0.39, 0.29) is 24.8 Å². The van der Waals surface area contributed by atoms with Gasteiger partial charge in [0.1, 0.15) is 23.4 Å². The molecule has 9 nitrogen and oxygen atoms in total. The lowest BCUT2D eigenvalue weighted by atomic mass is 9.50. The molecule has 2 bridgehead atoms. The standard InChI is InChI=1S/C30H40O9/c1-18-9-10-29-12-14-35-26(33)25-27(3,39-25)11-13-34-20(19(2)31)7-5-6-8-24(32)38-21-16-23(37-22(29)15-18)30(17-36-30)28(21,29)4/h5-8,15,19-23,25,31H,9-14,16-17H2,1-4H3/b7-5?,8-6+. The average Bonchev–Trinajstić information content (AvgIpc) is 3.79. The lowest BCUT2D eigenvalue weighted by Gasteiger charge is -2.59. The van der Waals surface area contributed by atoms with Crippen LogP contribution < -0.4 is 0 Å². The van der Waals surface area contributed by atoms with E-state index in [1.165, 1.54) is 11.6 Å². The molecule has 1 N–H and O–H groups in total. The van der Waals surface area contributed by atoms with E-state index in [2.05, 4.69) is 19.9 Å². The zero-order valence-corrected chi connectivity index (χ0v) is 23.2. The third-order valence-electron chi connectivity index (χ3n) is 10.4. The number of carbonyl (C=O) groups is 2. The van der Waals surface area contributed by atoms with E-state index in [9.17, 15) is 14.7 Å². The Bertz CT molecular complexity index is 1110. The van der Waals surface area contributed by atoms with Gasteiger partial charge in [-0.05, 0) is 40.0 Å². The van der Waals surface area contributed by atoms with Crippen molar-refractivity contribution in [2.24, 2.45) is 10.8 Å². The van der Waals surface area contributed by atoms with E-state index in [0.717, 1.165) is 12.8 Å². The topological polar surface area (TPSA) is 116 Å². The molecule has 0 aromatic heterocycles. The second-order valence-electron chi connectivity index (χ2n) is 12.6. The van der Waals surface area contributed by atoms with E-state index in [0.29, 0.717) is 32.5 Å². The lowest BCUT2D eigenvalue weighted by Crippen LogP contribution is -2.65. The summed E-state index contributed by atoms with van der Waals surface area (Å²) < 4.78 is 36.5. The van der Waals surface area contributed by atoms with Gasteiger partial charge in [0, 0.05) is 29.7 Å². The second kappa shape index (κ2) is 9.52. The first-order valence-corrected chi connectivity index (χ1v) is 14.2. The van der Waals surface area contributed by atoms with Crippen LogP contribution in [0.3, 0.4) is 0 Å². The number of rotatable bonds is 1. The average molecular weight is 545 g/mol. The molecule has 3 saturated heterocycles. The van der Waals surface area contributed by atoms with Crippen LogP contribution in [0.25, 0.3) is 0 Å². The second-order valence-corrected chi connectivity index (χ2v) is 12.6. The van der Waals surface area contributed by atoms with E-state index in [1.54, 1.807) is 25.2 Å². The number of cyclic esters (lactones) is 1. The van der Waals surface area contributed by atoms with Gasteiger partial charge in [-0.2, -0.15) is 0 Å². The minimum Gasteiger partial charge on any atom is -0.464 e. The maximum absolute atomic E-state index is 13.0. The minimum atomic E-state index is -0.755. The number of esters is 2. The quantitative estimate of drug-likeness (QED) is 0.302. The number of epoxide rings is 2. The van der Waals surface area contributed by atoms with E-state index in [1.807, 2.05) is 6.92 Å². The maximum Gasteiger partial charge on any atom is 0.338 e. The number of hydrogen-bond acceptors (Lipinski definition) is 9. The molecule has 1 saturated carbocycles. The summed E-state index contributed by atoms with van der Waals surface area (Å²) in [6, 6.07) is 0. The summed E-state index contributed by atoms with van der Waals surface area (Å²) in [5.74, 6) is -0.818. The summed E-state index contributed by atoms with van der Waals surface area (Å²) in [6.45, 7) is 8.88. The first-order chi connectivity index (χ1) is 18.5. The Hall–Kier alpha value is -2.04. The van der Waals surface area contributed by atoms with Gasteiger partial charge in [0.05, 0.1) is 38.1 Å². The summed E-state index contributed by atoms with van der Waals surface area (Å²) in [6.07, 6.45) is 9.19. The van der Waals surface area contributed by atoms with Crippen LogP contribution in [0.5, 0.6) is 0 Å². The molecule has 2 spiro atoms. The molecule has 0 amide bonds. The van der Waals surface area contributed by atoms with Crippen molar-refractivity contribution in [2.45, 2.75) is 108 Å². The molecule has 10 atom stereocenters. The maximum atomic E-state index is 13.0. The van der Waals surface area contributed by atoms with Crippen molar-refractivity contribution in [3.8, 4) is 0 Å². The minimum absolute atomic E-state index is 0.172. The Morgan fingerprint density at radius 3 is 2.62 bits per heavy atom. The Morgan fingerprint density at radius 1 is 1.08 bits per heavy atom. The van der Waals surface area contributed by atoms with Crippen LogP contribution in [0.4, 0.5) is 0 Å². The predicted molar refractivity (Wildman–Crippen MR) is 139 cm³/mol. The van der Waals surface area contributed by atoms with E-state index in [4.69, 9.17) is 28.4 Å². The highest BCUT2D eigenvalue weighted by molar-refractivity contribution is 5.82. The van der Waals surface area contributed by atoms with Crippen LogP contribution in [0.2, 0.25) is 0 Å². The van der Waals surface area contributed by atoms with Crippen molar-refractivity contribution in [2.75, 3.05) is 19.8 Å². The van der Waals surface area contributed by atoms with Gasteiger partial charge in [-0.3, -0.25) is 0 Å². The monoisotopic (exact) mass is 544 g/mol. The smallest absolute Gasteiger partial charge is 0.338 e. The van der Waals surface area contributed by atoms with Crippen molar-refractivity contribution in [1.82, 2.24) is 0 Å². The van der Waals surface area contributed by atoms with Gasteiger partial charge in [-0.25, -0.2) is 9.59 Å². The van der Waals surface area contributed by atoms with Crippen LogP contribution in [-0.4, -0.2) is 84.7 Å². The van der Waals surface area contributed by atoms with Gasteiger partial charge in [-0.15, -0.1) is 0 Å². The lowest BCUT2D eigenvalue weighted by molar-refractivity contribution is -0.222. The molecule has 9 heteroatoms. The number of allylic oxidation sites excluding steroid dienone is 3. The Balaban J connectivity index is 1.32. The molecule has 39 heavy (non-hydrogen) atoms. The third-order valence-corrected chi connectivity index (χ3v) is 10.4. The summed E-state index contributed by atoms with van der Waals surface area (Å²) in [5.41, 5.74) is -0.847. The number of fused-ring (bicyclic) bond motifs is 1. The van der Waals surface area contributed by atoms with Gasteiger partial charge in [0.2, 0.25) is 0 Å². The van der Waals surface area contributed by atoms with Crippen molar-refractivity contribution < 1.29 is 43.1 Å². The normalized spacial score (nSPS) is 49.3. The largest absolute Gasteiger partial charge is 0.464 e. The molecular weight excluding hydrogens is 504 g/mol. The highest BCUT2D eigenvalue weighted by atomic mass is 16.7. The first kappa shape index (κ1) is 27.1. The Morgan fingerprint density at radius 2 is 1.87 bits per heavy atom. The fraction of sp³-hybridized carbons (Fsp3) is 0.733. The van der Waals surface area contributed by atoms with E-state index >= 15 is 0 Å². The van der Waals surface area contributed by atoms with Gasteiger partial charge in [-0.1, -0.05) is 36.8 Å². The molecule has 0 radical (unpaired) electrons. The SMILES string of the molecule is CC1=CC2OC3CC4OC(=O)/C=C/C=CC(C(C)O)OCCC5(C)OC5C(=O)OCCC2(CC1)C4(C)C31CO1. The summed E-state index contributed by atoms with van der Waals surface area (Å²) in [4.78, 5) is 26.0. The van der Waals surface area contributed by atoms with Crippen molar-refractivity contribution in [3.63, 3.8) is 0 Å². The fourth-order valence-electron chi connectivity index (χ4n) is 7.73. The molecule has 6 rings (SSSR count). The molecule has 4 aliphatic heterocycles. The number of aliphatic hydroxyl groups is 1. The summed E-state index contributed by atoms with van der Waals surface area (Å²) >= 11 is 0. The number of carbonyl (C=O) groups excluding carboxylic acids is 2. The first-order valence-electron chi connectivity index (χ1n) is 14.2. The molecule has 0 aromatic rings. The summed E-state index contributed by atoms with van der Waals surface area (Å²) in [7, 11) is 0. The van der Waals surface area contributed by atoms with Crippen molar-refractivity contribution in [1.29, 1.82) is 0 Å². The molecule has 0 aromatic carbocycles. The molecular formula is C30H40O9. The zero-order chi connectivity index (χ0) is 27.6. The third kappa shape index (κ3) is 4.23. The predicted octanol–water partition coefficient (Wildman–Crippen LogP) is 2.94. The van der Waals surface area contributed by atoms with Crippen molar-refractivity contribution >= 4 is 11.9 Å². The highest BCUT2D eigenvalue weighted by Gasteiger charge is 2.82. The van der Waals surface area contributed by atoms with Crippen LogP contribution in [-0.2, 0) is 38.0 Å². The number of aliphatic hydroxyl groups excluding tert-OH is 1. The van der Waals surface area contributed by atoms with Crippen LogP contribution in [0.15, 0.2) is 36.0 Å². The van der Waals surface area contributed by atoms with Gasteiger partial charge >= 0.3 is 11.9 Å². The van der Waals surface area contributed by atoms with Crippen molar-refractivity contribution in [3.05, 3.63) is 36.0 Å². The Kier molecular flexibility index (Phi) is 6.62. The van der Waals surface area contributed by atoms with Crippen LogP contribution in [0, 0.1) is 10.8 Å². The number of ether oxygens (including phenoxy) is 6. The van der Waals surface area contributed by atoms with Crippen LogP contribution >= 0.6 is 0 Å².